The molecule has 0 bridgehead atoms. The molecule has 4 nitrogen and oxygen atoms in total. The second-order valence-electron chi connectivity index (χ2n) is 2.49. The van der Waals surface area contributed by atoms with Gasteiger partial charge in [-0.3, -0.25) is 4.79 Å². The van der Waals surface area contributed by atoms with Crippen molar-refractivity contribution < 1.29 is 19.7 Å². The van der Waals surface area contributed by atoms with Crippen molar-refractivity contribution in [3.05, 3.63) is 24.3 Å². The van der Waals surface area contributed by atoms with Crippen molar-refractivity contribution in [2.75, 3.05) is 6.61 Å². The zero-order valence-corrected chi connectivity index (χ0v) is 6.93. The topological polar surface area (TPSA) is 66.8 Å². The molecular weight excluding hydrogens is 172 g/mol. The number of hydrogen-bond acceptors (Lipinski definition) is 3. The number of carbonyl (C=O) groups is 1. The van der Waals surface area contributed by atoms with E-state index in [0.29, 0.717) is 5.75 Å². The first kappa shape index (κ1) is 9.38. The van der Waals surface area contributed by atoms with Crippen molar-refractivity contribution in [1.29, 1.82) is 0 Å². The number of rotatable bonds is 4. The van der Waals surface area contributed by atoms with Crippen LogP contribution in [0.25, 0.3) is 0 Å². The van der Waals surface area contributed by atoms with Crippen LogP contribution in [0.2, 0.25) is 0 Å². The second kappa shape index (κ2) is 4.35. The van der Waals surface area contributed by atoms with Crippen LogP contribution in [-0.2, 0) is 4.79 Å². The maximum atomic E-state index is 10.1. The zero-order chi connectivity index (χ0) is 9.68. The van der Waals surface area contributed by atoms with Crippen LogP contribution < -0.4 is 4.74 Å². The fourth-order valence-corrected chi connectivity index (χ4v) is 0.829. The lowest BCUT2D eigenvalue weighted by Gasteiger charge is -2.03. The summed E-state index contributed by atoms with van der Waals surface area (Å²) < 4.78 is 5.06. The summed E-state index contributed by atoms with van der Waals surface area (Å²) in [4.78, 5) is 10.1. The Labute approximate surface area is 75.4 Å². The van der Waals surface area contributed by atoms with Crippen LogP contribution in [0.5, 0.6) is 11.5 Å². The predicted molar refractivity (Wildman–Crippen MR) is 45.9 cm³/mol. The fourth-order valence-electron chi connectivity index (χ4n) is 0.829. The van der Waals surface area contributed by atoms with Gasteiger partial charge in [-0.2, -0.15) is 0 Å². The van der Waals surface area contributed by atoms with Crippen LogP contribution in [-0.4, -0.2) is 22.8 Å². The average molecular weight is 182 g/mol. The van der Waals surface area contributed by atoms with E-state index in [-0.39, 0.29) is 18.8 Å². The van der Waals surface area contributed by atoms with Gasteiger partial charge in [0, 0.05) is 6.07 Å². The first-order chi connectivity index (χ1) is 6.18. The molecule has 13 heavy (non-hydrogen) atoms. The molecule has 0 unspecified atom stereocenters. The molecule has 1 aromatic rings. The lowest BCUT2D eigenvalue weighted by Crippen LogP contribution is -2.04. The van der Waals surface area contributed by atoms with Gasteiger partial charge in [-0.15, -0.1) is 0 Å². The lowest BCUT2D eigenvalue weighted by molar-refractivity contribution is -0.137. The number of aliphatic carboxylic acids is 1. The Morgan fingerprint density at radius 1 is 1.46 bits per heavy atom. The number of carboxylic acid groups (broad SMARTS) is 1. The van der Waals surface area contributed by atoms with Crippen LogP contribution in [0, 0.1) is 0 Å². The molecule has 0 atom stereocenters. The highest BCUT2D eigenvalue weighted by molar-refractivity contribution is 5.66. The Balaban J connectivity index is 2.41. The van der Waals surface area contributed by atoms with Gasteiger partial charge in [-0.1, -0.05) is 6.07 Å². The molecule has 4 heteroatoms. The largest absolute Gasteiger partial charge is 0.508 e. The highest BCUT2D eigenvalue weighted by atomic mass is 16.5. The molecule has 0 aliphatic carbocycles. The number of aromatic hydroxyl groups is 1. The van der Waals surface area contributed by atoms with Crippen LogP contribution >= 0.6 is 0 Å². The predicted octanol–water partition coefficient (Wildman–Crippen LogP) is 1.25. The Bertz CT molecular complexity index is 295. The Hall–Kier alpha value is -1.71. The summed E-state index contributed by atoms with van der Waals surface area (Å²) in [6.45, 7) is 0.110. The van der Waals surface area contributed by atoms with Gasteiger partial charge in [-0.05, 0) is 12.1 Å². The van der Waals surface area contributed by atoms with Crippen molar-refractivity contribution in [3.63, 3.8) is 0 Å². The molecular formula is C9H10O4. The van der Waals surface area contributed by atoms with Gasteiger partial charge >= 0.3 is 5.97 Å². The van der Waals surface area contributed by atoms with Crippen molar-refractivity contribution >= 4 is 5.97 Å². The molecule has 2 N–H and O–H groups in total. The van der Waals surface area contributed by atoms with Crippen LogP contribution in [0.3, 0.4) is 0 Å². The highest BCUT2D eigenvalue weighted by Gasteiger charge is 1.98. The summed E-state index contributed by atoms with van der Waals surface area (Å²) in [7, 11) is 0. The van der Waals surface area contributed by atoms with Gasteiger partial charge in [0.25, 0.3) is 0 Å². The van der Waals surface area contributed by atoms with E-state index >= 15 is 0 Å². The van der Waals surface area contributed by atoms with Crippen LogP contribution in [0.1, 0.15) is 6.42 Å². The summed E-state index contributed by atoms with van der Waals surface area (Å²) in [6, 6.07) is 6.24. The molecule has 0 amide bonds. The zero-order valence-electron chi connectivity index (χ0n) is 6.93. The third-order valence-electron chi connectivity index (χ3n) is 1.40. The van der Waals surface area contributed by atoms with Gasteiger partial charge in [0.15, 0.2) is 0 Å². The molecule has 0 fully saturated rings. The Kier molecular flexibility index (Phi) is 3.14. The molecule has 0 aliphatic rings. The van der Waals surface area contributed by atoms with Crippen molar-refractivity contribution in [2.45, 2.75) is 6.42 Å². The molecule has 0 spiro atoms. The standard InChI is InChI=1S/C9H10O4/c10-7-2-1-3-8(6-7)13-5-4-9(11)12/h1-3,6,10H,4-5H2,(H,11,12). The van der Waals surface area contributed by atoms with E-state index in [1.807, 2.05) is 0 Å². The van der Waals surface area contributed by atoms with Gasteiger partial charge in [0.2, 0.25) is 0 Å². The van der Waals surface area contributed by atoms with Gasteiger partial charge in [-0.25, -0.2) is 0 Å². The molecule has 0 saturated heterocycles. The van der Waals surface area contributed by atoms with E-state index < -0.39 is 5.97 Å². The molecule has 1 rings (SSSR count). The summed E-state index contributed by atoms with van der Waals surface area (Å²) in [5.74, 6) is -0.325. The lowest BCUT2D eigenvalue weighted by atomic mass is 10.3. The molecule has 0 aliphatic heterocycles. The SMILES string of the molecule is O=C(O)CCOc1cccc(O)c1. The first-order valence-corrected chi connectivity index (χ1v) is 3.82. The molecule has 0 saturated carbocycles. The molecule has 0 heterocycles. The minimum atomic E-state index is -0.903. The minimum absolute atomic E-state index is 0.0460. The highest BCUT2D eigenvalue weighted by Crippen LogP contribution is 2.17. The third-order valence-corrected chi connectivity index (χ3v) is 1.40. The third kappa shape index (κ3) is 3.46. The fraction of sp³-hybridized carbons (Fsp3) is 0.222. The maximum absolute atomic E-state index is 10.1. The molecule has 1 aromatic carbocycles. The number of phenolic OH excluding ortho intramolecular Hbond substituents is 1. The van der Waals surface area contributed by atoms with Gasteiger partial charge in [0.1, 0.15) is 11.5 Å². The van der Waals surface area contributed by atoms with Gasteiger partial charge in [0.05, 0.1) is 13.0 Å². The number of benzene rings is 1. The normalized spacial score (nSPS) is 9.54. The van der Waals surface area contributed by atoms with Crippen LogP contribution in [0.4, 0.5) is 0 Å². The Morgan fingerprint density at radius 2 is 2.23 bits per heavy atom. The van der Waals surface area contributed by atoms with Crippen molar-refractivity contribution in [1.82, 2.24) is 0 Å². The van der Waals surface area contributed by atoms with E-state index in [2.05, 4.69) is 0 Å². The molecule has 0 aromatic heterocycles. The smallest absolute Gasteiger partial charge is 0.306 e. The minimum Gasteiger partial charge on any atom is -0.508 e. The number of hydrogen-bond donors (Lipinski definition) is 2. The number of ether oxygens (including phenoxy) is 1. The second-order valence-corrected chi connectivity index (χ2v) is 2.49. The van der Waals surface area contributed by atoms with Crippen molar-refractivity contribution in [3.8, 4) is 11.5 Å². The summed E-state index contributed by atoms with van der Waals surface area (Å²) >= 11 is 0. The van der Waals surface area contributed by atoms with E-state index in [4.69, 9.17) is 14.9 Å². The Morgan fingerprint density at radius 3 is 2.85 bits per heavy atom. The summed E-state index contributed by atoms with van der Waals surface area (Å²) in [5, 5.41) is 17.3. The average Bonchev–Trinajstić information content (AvgIpc) is 2.03. The maximum Gasteiger partial charge on any atom is 0.306 e. The summed E-state index contributed by atoms with van der Waals surface area (Å²) in [6.07, 6.45) is -0.0460. The monoisotopic (exact) mass is 182 g/mol. The molecule has 70 valence electrons. The van der Waals surface area contributed by atoms with Crippen molar-refractivity contribution in [2.24, 2.45) is 0 Å². The van der Waals surface area contributed by atoms with Crippen LogP contribution in [0.15, 0.2) is 24.3 Å². The molecule has 0 radical (unpaired) electrons. The number of carboxylic acids is 1. The van der Waals surface area contributed by atoms with E-state index in [9.17, 15) is 4.79 Å². The summed E-state index contributed by atoms with van der Waals surface area (Å²) in [5.41, 5.74) is 0. The van der Waals surface area contributed by atoms with E-state index in [1.54, 1.807) is 12.1 Å². The number of phenols is 1. The van der Waals surface area contributed by atoms with E-state index in [0.717, 1.165) is 0 Å². The van der Waals surface area contributed by atoms with Gasteiger partial charge < -0.3 is 14.9 Å². The first-order valence-electron chi connectivity index (χ1n) is 3.82. The van der Waals surface area contributed by atoms with E-state index in [1.165, 1.54) is 12.1 Å². The quantitative estimate of drug-likeness (QED) is 0.735.